The fourth-order valence-electron chi connectivity index (χ4n) is 2.07. The lowest BCUT2D eigenvalue weighted by Crippen LogP contribution is -2.17. The second-order valence-electron chi connectivity index (χ2n) is 5.48. The van der Waals surface area contributed by atoms with Gasteiger partial charge in [-0.05, 0) is 24.5 Å². The van der Waals surface area contributed by atoms with E-state index in [1.54, 1.807) is 0 Å². The Labute approximate surface area is 142 Å². The molecule has 125 valence electrons. The van der Waals surface area contributed by atoms with Gasteiger partial charge >= 0.3 is 11.9 Å². The van der Waals surface area contributed by atoms with Crippen LogP contribution in [0.4, 0.5) is 0 Å². The lowest BCUT2D eigenvalue weighted by molar-refractivity contribution is -0.149. The maximum Gasteiger partial charge on any atom is 0.309 e. The molecule has 4 heteroatoms. The first-order valence-electron chi connectivity index (χ1n) is 7.88. The van der Waals surface area contributed by atoms with Crippen LogP contribution in [0.2, 0.25) is 0 Å². The third-order valence-corrected chi connectivity index (χ3v) is 3.50. The molecule has 0 spiro atoms. The molecule has 4 nitrogen and oxygen atoms in total. The summed E-state index contributed by atoms with van der Waals surface area (Å²) in [5.41, 5.74) is 1.85. The first-order valence-corrected chi connectivity index (χ1v) is 7.88. The molecular weight excluding hydrogens is 304 g/mol. The summed E-state index contributed by atoms with van der Waals surface area (Å²) in [6, 6.07) is 18.9. The number of esters is 2. The number of carbonyl (C=O) groups is 2. The van der Waals surface area contributed by atoms with Crippen LogP contribution in [0.25, 0.3) is 0 Å². The largest absolute Gasteiger partial charge is 0.461 e. The minimum Gasteiger partial charge on any atom is -0.461 e. The molecule has 2 aromatic carbocycles. The molecule has 1 atom stereocenters. The average molecular weight is 325 g/mol. The van der Waals surface area contributed by atoms with Crippen molar-refractivity contribution in [1.82, 2.24) is 0 Å². The molecule has 0 amide bonds. The number of ether oxygens (including phenoxy) is 2. The van der Waals surface area contributed by atoms with E-state index >= 15 is 0 Å². The normalized spacial score (nSPS) is 11.5. The van der Waals surface area contributed by atoms with Crippen LogP contribution in [-0.4, -0.2) is 11.9 Å². The van der Waals surface area contributed by atoms with Gasteiger partial charge in [0.2, 0.25) is 0 Å². The molecule has 1 radical (unpaired) electrons. The number of carbonyl (C=O) groups excluding carboxylic acids is 2. The fourth-order valence-corrected chi connectivity index (χ4v) is 2.07. The highest BCUT2D eigenvalue weighted by atomic mass is 16.5. The average Bonchev–Trinajstić information content (AvgIpc) is 2.64. The molecule has 0 fully saturated rings. The first-order chi connectivity index (χ1) is 11.6. The number of hydrogen-bond donors (Lipinski definition) is 0. The van der Waals surface area contributed by atoms with E-state index in [0.29, 0.717) is 6.42 Å². The second kappa shape index (κ2) is 9.50. The monoisotopic (exact) mass is 325 g/mol. The Morgan fingerprint density at radius 3 is 1.88 bits per heavy atom. The standard InChI is InChI=1S/C20H21O4/c1-16(20(22)24-15-18-10-6-3-7-11-18)12-13-19(21)23-14-17-8-4-2-5-9-17/h2-11,16H,1,12-15H2. The zero-order valence-corrected chi connectivity index (χ0v) is 13.5. The quantitative estimate of drug-likeness (QED) is 0.694. The summed E-state index contributed by atoms with van der Waals surface area (Å²) in [5, 5.41) is 0. The highest BCUT2D eigenvalue weighted by molar-refractivity contribution is 5.75. The van der Waals surface area contributed by atoms with Gasteiger partial charge in [0.1, 0.15) is 13.2 Å². The van der Waals surface area contributed by atoms with Crippen LogP contribution in [0.5, 0.6) is 0 Å². The molecule has 24 heavy (non-hydrogen) atoms. The fraction of sp³-hybridized carbons (Fsp3) is 0.250. The Kier molecular flexibility index (Phi) is 7.02. The summed E-state index contributed by atoms with van der Waals surface area (Å²) in [4.78, 5) is 23.6. The third-order valence-electron chi connectivity index (χ3n) is 3.50. The summed E-state index contributed by atoms with van der Waals surface area (Å²) in [5.74, 6) is -1.34. The Hall–Kier alpha value is -2.62. The van der Waals surface area contributed by atoms with Gasteiger partial charge in [-0.3, -0.25) is 9.59 Å². The van der Waals surface area contributed by atoms with Gasteiger partial charge in [0, 0.05) is 6.42 Å². The van der Waals surface area contributed by atoms with Gasteiger partial charge in [0.15, 0.2) is 0 Å². The maximum atomic E-state index is 11.9. The van der Waals surface area contributed by atoms with Crippen LogP contribution >= 0.6 is 0 Å². The maximum absolute atomic E-state index is 11.9. The van der Waals surface area contributed by atoms with E-state index in [-0.39, 0.29) is 25.6 Å². The van der Waals surface area contributed by atoms with Gasteiger partial charge in [-0.2, -0.15) is 0 Å². The van der Waals surface area contributed by atoms with Crippen LogP contribution < -0.4 is 0 Å². The predicted octanol–water partition coefficient (Wildman–Crippen LogP) is 3.70. The summed E-state index contributed by atoms with van der Waals surface area (Å²) >= 11 is 0. The van der Waals surface area contributed by atoms with Gasteiger partial charge in [-0.25, -0.2) is 0 Å². The van der Waals surface area contributed by atoms with Crippen molar-refractivity contribution < 1.29 is 19.1 Å². The van der Waals surface area contributed by atoms with Gasteiger partial charge in [-0.1, -0.05) is 60.7 Å². The Morgan fingerprint density at radius 2 is 1.33 bits per heavy atom. The minimum absolute atomic E-state index is 0.140. The molecule has 0 heterocycles. The van der Waals surface area contributed by atoms with Crippen LogP contribution in [0.1, 0.15) is 24.0 Å². The number of rotatable bonds is 8. The van der Waals surface area contributed by atoms with E-state index in [0.717, 1.165) is 11.1 Å². The second-order valence-corrected chi connectivity index (χ2v) is 5.48. The molecule has 2 aromatic rings. The SMILES string of the molecule is [CH2]C(CCC(=O)OCc1ccccc1)C(=O)OCc1ccccc1. The highest BCUT2D eigenvalue weighted by Gasteiger charge is 2.17. The van der Waals surface area contributed by atoms with Gasteiger partial charge in [-0.15, -0.1) is 0 Å². The van der Waals surface area contributed by atoms with Crippen LogP contribution in [0, 0.1) is 12.8 Å². The van der Waals surface area contributed by atoms with Crippen LogP contribution in [0.3, 0.4) is 0 Å². The highest BCUT2D eigenvalue weighted by Crippen LogP contribution is 2.11. The van der Waals surface area contributed by atoms with Gasteiger partial charge < -0.3 is 9.47 Å². The topological polar surface area (TPSA) is 52.6 Å². The van der Waals surface area contributed by atoms with E-state index in [1.807, 2.05) is 60.7 Å². The molecule has 2 rings (SSSR count). The predicted molar refractivity (Wildman–Crippen MR) is 90.6 cm³/mol. The summed E-state index contributed by atoms with van der Waals surface area (Å²) < 4.78 is 10.4. The van der Waals surface area contributed by atoms with Crippen molar-refractivity contribution in [1.29, 1.82) is 0 Å². The molecule has 0 saturated heterocycles. The van der Waals surface area contributed by atoms with E-state index in [2.05, 4.69) is 6.92 Å². The Bertz CT molecular complexity index is 637. The first kappa shape index (κ1) is 17.7. The van der Waals surface area contributed by atoms with Crippen molar-refractivity contribution >= 4 is 11.9 Å². The van der Waals surface area contributed by atoms with Crippen molar-refractivity contribution in [3.05, 3.63) is 78.7 Å². The van der Waals surface area contributed by atoms with Crippen LogP contribution in [-0.2, 0) is 32.3 Å². The smallest absolute Gasteiger partial charge is 0.309 e. The molecule has 0 N–H and O–H groups in total. The molecule has 0 aromatic heterocycles. The lowest BCUT2D eigenvalue weighted by Gasteiger charge is -2.11. The van der Waals surface area contributed by atoms with Crippen LogP contribution in [0.15, 0.2) is 60.7 Å². The molecule has 0 aliphatic carbocycles. The molecule has 1 unspecified atom stereocenters. The molecular formula is C20H21O4. The van der Waals surface area contributed by atoms with Gasteiger partial charge in [0.05, 0.1) is 5.92 Å². The summed E-state index contributed by atoms with van der Waals surface area (Å²) in [6.07, 6.45) is 0.447. The van der Waals surface area contributed by atoms with Crippen molar-refractivity contribution in [3.8, 4) is 0 Å². The molecule has 0 saturated carbocycles. The van der Waals surface area contributed by atoms with E-state index < -0.39 is 11.9 Å². The van der Waals surface area contributed by atoms with Crippen molar-refractivity contribution in [2.45, 2.75) is 26.1 Å². The Morgan fingerprint density at radius 1 is 0.833 bits per heavy atom. The number of hydrogen-bond acceptors (Lipinski definition) is 4. The number of benzene rings is 2. The van der Waals surface area contributed by atoms with E-state index in [4.69, 9.17) is 9.47 Å². The Balaban J connectivity index is 1.65. The minimum atomic E-state index is -0.585. The summed E-state index contributed by atoms with van der Waals surface area (Å²) in [6.45, 7) is 4.21. The third kappa shape index (κ3) is 6.24. The molecule has 0 bridgehead atoms. The van der Waals surface area contributed by atoms with Crippen molar-refractivity contribution in [2.24, 2.45) is 5.92 Å². The zero-order chi connectivity index (χ0) is 17.2. The van der Waals surface area contributed by atoms with Crippen molar-refractivity contribution in [2.75, 3.05) is 0 Å². The van der Waals surface area contributed by atoms with E-state index in [9.17, 15) is 9.59 Å². The molecule has 0 aliphatic heterocycles. The molecule has 0 aliphatic rings. The lowest BCUT2D eigenvalue weighted by atomic mass is 10.1. The van der Waals surface area contributed by atoms with E-state index in [1.165, 1.54) is 0 Å². The van der Waals surface area contributed by atoms with Crippen molar-refractivity contribution in [3.63, 3.8) is 0 Å². The zero-order valence-electron chi connectivity index (χ0n) is 13.5. The summed E-state index contributed by atoms with van der Waals surface area (Å²) in [7, 11) is 0. The van der Waals surface area contributed by atoms with Gasteiger partial charge in [0.25, 0.3) is 0 Å².